The molecule has 2 aromatic carbocycles. The molecule has 1 atom stereocenters. The minimum absolute atomic E-state index is 0.136. The van der Waals surface area contributed by atoms with Crippen molar-refractivity contribution in [1.29, 1.82) is 0 Å². The highest BCUT2D eigenvalue weighted by Crippen LogP contribution is 2.25. The van der Waals surface area contributed by atoms with Crippen LogP contribution in [0.25, 0.3) is 0 Å². The number of nitrogens with zero attached hydrogens (tertiary/aromatic N) is 1. The van der Waals surface area contributed by atoms with Crippen LogP contribution >= 0.6 is 46.6 Å². The van der Waals surface area contributed by atoms with E-state index in [2.05, 4.69) is 12.2 Å². The lowest BCUT2D eigenvalue weighted by molar-refractivity contribution is -0.139. The molecular weight excluding hydrogens is 475 g/mol. The van der Waals surface area contributed by atoms with Gasteiger partial charge in [0, 0.05) is 33.1 Å². The van der Waals surface area contributed by atoms with Crippen molar-refractivity contribution in [2.75, 3.05) is 12.3 Å². The van der Waals surface area contributed by atoms with Crippen LogP contribution in [0.2, 0.25) is 15.1 Å². The zero-order valence-corrected chi connectivity index (χ0v) is 20.8. The van der Waals surface area contributed by atoms with E-state index in [1.807, 2.05) is 19.1 Å². The number of nitrogens with one attached hydrogen (secondary N) is 1. The molecule has 0 bridgehead atoms. The third kappa shape index (κ3) is 8.23. The van der Waals surface area contributed by atoms with Crippen LogP contribution in [-0.4, -0.2) is 35.1 Å². The van der Waals surface area contributed by atoms with Crippen LogP contribution in [0.15, 0.2) is 47.4 Å². The second kappa shape index (κ2) is 13.2. The Balaban J connectivity index is 2.20. The van der Waals surface area contributed by atoms with Crippen LogP contribution in [0, 0.1) is 0 Å². The fourth-order valence-electron chi connectivity index (χ4n) is 3.02. The predicted molar refractivity (Wildman–Crippen MR) is 131 cm³/mol. The summed E-state index contributed by atoms with van der Waals surface area (Å²) in [6, 6.07) is 11.9. The predicted octanol–water partition coefficient (Wildman–Crippen LogP) is 6.46. The van der Waals surface area contributed by atoms with Crippen molar-refractivity contribution >= 4 is 58.4 Å². The topological polar surface area (TPSA) is 49.4 Å². The Bertz CT molecular complexity index is 878. The average molecular weight is 502 g/mol. The fraction of sp³-hybridized carbons (Fsp3) is 0.391. The first-order chi connectivity index (χ1) is 14.8. The van der Waals surface area contributed by atoms with Gasteiger partial charge in [0.05, 0.1) is 5.75 Å². The quantitative estimate of drug-likeness (QED) is 0.284. The molecule has 0 radical (unpaired) electrons. The van der Waals surface area contributed by atoms with Crippen molar-refractivity contribution in [3.63, 3.8) is 0 Å². The molecule has 0 aliphatic rings. The second-order valence-electron chi connectivity index (χ2n) is 7.07. The van der Waals surface area contributed by atoms with Crippen molar-refractivity contribution in [3.05, 3.63) is 63.1 Å². The van der Waals surface area contributed by atoms with Crippen LogP contribution in [-0.2, 0) is 16.1 Å². The summed E-state index contributed by atoms with van der Waals surface area (Å²) in [4.78, 5) is 28.6. The summed E-state index contributed by atoms with van der Waals surface area (Å²) in [5.41, 5.74) is 0.746. The molecule has 0 unspecified atom stereocenters. The number of carbonyl (C=O) groups excluding carboxylic acids is 2. The molecular formula is C23H27Cl3N2O2S. The number of benzene rings is 2. The van der Waals surface area contributed by atoms with E-state index in [0.29, 0.717) is 28.0 Å². The Kier molecular flexibility index (Phi) is 11.0. The Labute approximate surface area is 203 Å². The van der Waals surface area contributed by atoms with Gasteiger partial charge < -0.3 is 10.2 Å². The van der Waals surface area contributed by atoms with Crippen molar-refractivity contribution in [2.24, 2.45) is 0 Å². The normalized spacial score (nSPS) is 11.8. The van der Waals surface area contributed by atoms with Crippen LogP contribution in [0.3, 0.4) is 0 Å². The van der Waals surface area contributed by atoms with E-state index in [9.17, 15) is 9.59 Å². The first-order valence-corrected chi connectivity index (χ1v) is 12.4. The first-order valence-electron chi connectivity index (χ1n) is 10.2. The number of thioether (sulfide) groups is 1. The summed E-state index contributed by atoms with van der Waals surface area (Å²) in [6.45, 7) is 4.79. The summed E-state index contributed by atoms with van der Waals surface area (Å²) < 4.78 is 0. The number of halogens is 3. The zero-order chi connectivity index (χ0) is 22.8. The van der Waals surface area contributed by atoms with Gasteiger partial charge in [0.25, 0.3) is 0 Å². The summed E-state index contributed by atoms with van der Waals surface area (Å²) in [6.07, 6.45) is 2.38. The Morgan fingerprint density at radius 3 is 2.32 bits per heavy atom. The molecule has 0 fully saturated rings. The highest BCUT2D eigenvalue weighted by molar-refractivity contribution is 8.00. The van der Waals surface area contributed by atoms with E-state index in [4.69, 9.17) is 34.8 Å². The van der Waals surface area contributed by atoms with E-state index < -0.39 is 6.04 Å². The third-order valence-electron chi connectivity index (χ3n) is 4.75. The Morgan fingerprint density at radius 2 is 1.71 bits per heavy atom. The van der Waals surface area contributed by atoms with Crippen molar-refractivity contribution in [1.82, 2.24) is 10.2 Å². The van der Waals surface area contributed by atoms with Crippen LogP contribution < -0.4 is 5.32 Å². The number of hydrogen-bond donors (Lipinski definition) is 1. The van der Waals surface area contributed by atoms with Crippen LogP contribution in [0.4, 0.5) is 0 Å². The SMILES string of the molecule is CCCCNC(=O)[C@@H](CC)N(Cc1ccc(Cl)cc1Cl)C(=O)CSc1ccc(Cl)cc1. The summed E-state index contributed by atoms with van der Waals surface area (Å²) in [7, 11) is 0. The maximum absolute atomic E-state index is 13.2. The molecule has 168 valence electrons. The molecule has 4 nitrogen and oxygen atoms in total. The van der Waals surface area contributed by atoms with E-state index in [-0.39, 0.29) is 24.1 Å². The number of carbonyl (C=O) groups is 2. The zero-order valence-electron chi connectivity index (χ0n) is 17.7. The molecule has 0 spiro atoms. The highest BCUT2D eigenvalue weighted by Gasteiger charge is 2.29. The van der Waals surface area contributed by atoms with Gasteiger partial charge in [0.15, 0.2) is 0 Å². The molecule has 0 aromatic heterocycles. The lowest BCUT2D eigenvalue weighted by Gasteiger charge is -2.31. The van der Waals surface area contributed by atoms with Gasteiger partial charge in [-0.3, -0.25) is 9.59 Å². The third-order valence-corrected chi connectivity index (χ3v) is 6.58. The number of hydrogen-bond acceptors (Lipinski definition) is 3. The molecule has 0 aliphatic carbocycles. The van der Waals surface area contributed by atoms with Crippen molar-refractivity contribution in [3.8, 4) is 0 Å². The van der Waals surface area contributed by atoms with Gasteiger partial charge in [0.2, 0.25) is 11.8 Å². The smallest absolute Gasteiger partial charge is 0.242 e. The number of amides is 2. The summed E-state index contributed by atoms with van der Waals surface area (Å²) in [5, 5.41) is 4.59. The standard InChI is InChI=1S/C23H27Cl3N2O2S/c1-3-5-12-27-23(30)21(4-2)28(14-16-6-7-18(25)13-20(16)26)22(29)15-31-19-10-8-17(24)9-11-19/h6-11,13,21H,3-5,12,14-15H2,1-2H3,(H,27,30)/t21-/m1/s1. The minimum atomic E-state index is -0.582. The van der Waals surface area contributed by atoms with E-state index in [0.717, 1.165) is 23.3 Å². The Hall–Kier alpha value is -1.40. The largest absolute Gasteiger partial charge is 0.354 e. The molecule has 0 saturated heterocycles. The van der Waals surface area contributed by atoms with Crippen LogP contribution in [0.1, 0.15) is 38.7 Å². The van der Waals surface area contributed by atoms with Crippen molar-refractivity contribution < 1.29 is 9.59 Å². The molecule has 2 amide bonds. The van der Waals surface area contributed by atoms with Gasteiger partial charge >= 0.3 is 0 Å². The molecule has 0 heterocycles. The maximum Gasteiger partial charge on any atom is 0.242 e. The van der Waals surface area contributed by atoms with Gasteiger partial charge in [-0.2, -0.15) is 0 Å². The number of rotatable bonds is 11. The summed E-state index contributed by atoms with van der Waals surface area (Å²) >= 11 is 19.7. The van der Waals surface area contributed by atoms with Crippen molar-refractivity contribution in [2.45, 2.75) is 50.6 Å². The lowest BCUT2D eigenvalue weighted by atomic mass is 10.1. The first kappa shape index (κ1) is 25.9. The maximum atomic E-state index is 13.2. The minimum Gasteiger partial charge on any atom is -0.354 e. The molecule has 2 rings (SSSR count). The van der Waals surface area contributed by atoms with Gasteiger partial charge in [-0.25, -0.2) is 0 Å². The van der Waals surface area contributed by atoms with Gasteiger partial charge in [-0.15, -0.1) is 11.8 Å². The second-order valence-corrected chi connectivity index (χ2v) is 9.40. The number of unbranched alkanes of at least 4 members (excludes halogenated alkanes) is 1. The molecule has 0 saturated carbocycles. The monoisotopic (exact) mass is 500 g/mol. The summed E-state index contributed by atoms with van der Waals surface area (Å²) in [5.74, 6) is -0.0830. The molecule has 2 aromatic rings. The van der Waals surface area contributed by atoms with Crippen LogP contribution in [0.5, 0.6) is 0 Å². The highest BCUT2D eigenvalue weighted by atomic mass is 35.5. The van der Waals surface area contributed by atoms with E-state index >= 15 is 0 Å². The average Bonchev–Trinajstić information content (AvgIpc) is 2.74. The fourth-order valence-corrected chi connectivity index (χ4v) is 4.40. The van der Waals surface area contributed by atoms with Gasteiger partial charge in [0.1, 0.15) is 6.04 Å². The molecule has 0 aliphatic heterocycles. The molecule has 1 N–H and O–H groups in total. The Morgan fingerprint density at radius 1 is 1.03 bits per heavy atom. The molecule has 8 heteroatoms. The van der Waals surface area contributed by atoms with Gasteiger partial charge in [-0.05, 0) is 54.8 Å². The molecule has 31 heavy (non-hydrogen) atoms. The van der Waals surface area contributed by atoms with Gasteiger partial charge in [-0.1, -0.05) is 61.1 Å². The van der Waals surface area contributed by atoms with E-state index in [1.54, 1.807) is 35.2 Å². The lowest BCUT2D eigenvalue weighted by Crippen LogP contribution is -2.49. The van der Waals surface area contributed by atoms with E-state index in [1.165, 1.54) is 11.8 Å².